The minimum Gasteiger partial charge on any atom is -0.334 e. The Kier molecular flexibility index (Phi) is 4.52. The lowest BCUT2D eigenvalue weighted by Gasteiger charge is -2.03. The van der Waals surface area contributed by atoms with E-state index in [-0.39, 0.29) is 10.9 Å². The normalized spacial score (nSPS) is 11.4. The Labute approximate surface area is 143 Å². The average molecular weight is 365 g/mol. The highest BCUT2D eigenvalue weighted by Crippen LogP contribution is 2.20. The molecule has 0 amide bonds. The van der Waals surface area contributed by atoms with Crippen molar-refractivity contribution >= 4 is 27.6 Å². The topological polar surface area (TPSA) is 111 Å². The second kappa shape index (κ2) is 6.60. The lowest BCUT2D eigenvalue weighted by Crippen LogP contribution is -2.12. The van der Waals surface area contributed by atoms with Gasteiger partial charge in [0.25, 0.3) is 0 Å². The maximum atomic E-state index is 11.2. The number of aromatic nitrogens is 2. The highest BCUT2D eigenvalue weighted by atomic mass is 35.5. The van der Waals surface area contributed by atoms with Crippen LogP contribution in [0.2, 0.25) is 5.02 Å². The van der Waals surface area contributed by atoms with Crippen molar-refractivity contribution in [2.75, 3.05) is 5.32 Å². The van der Waals surface area contributed by atoms with Gasteiger partial charge >= 0.3 is 6.01 Å². The lowest BCUT2D eigenvalue weighted by atomic mass is 10.2. The Morgan fingerprint density at radius 3 is 2.38 bits per heavy atom. The van der Waals surface area contributed by atoms with E-state index in [1.807, 2.05) is 0 Å². The van der Waals surface area contributed by atoms with Gasteiger partial charge in [0.15, 0.2) is 0 Å². The molecule has 2 aromatic carbocycles. The number of rotatable bonds is 5. The van der Waals surface area contributed by atoms with Crippen LogP contribution in [-0.4, -0.2) is 18.6 Å². The number of hydrogen-bond donors (Lipinski definition) is 2. The molecular formula is C15H13ClN4O3S. The molecule has 0 aliphatic carbocycles. The monoisotopic (exact) mass is 364 g/mol. The summed E-state index contributed by atoms with van der Waals surface area (Å²) >= 11 is 5.84. The molecule has 0 bridgehead atoms. The molecule has 7 nitrogen and oxygen atoms in total. The van der Waals surface area contributed by atoms with Gasteiger partial charge in [-0.15, -0.1) is 0 Å². The smallest absolute Gasteiger partial charge is 0.322 e. The van der Waals surface area contributed by atoms with E-state index >= 15 is 0 Å². The van der Waals surface area contributed by atoms with Gasteiger partial charge in [-0.05, 0) is 42.0 Å². The first-order valence-corrected chi connectivity index (χ1v) is 8.79. The Hall–Kier alpha value is -2.42. The van der Waals surface area contributed by atoms with Gasteiger partial charge in [0, 0.05) is 17.1 Å². The fourth-order valence-corrected chi connectivity index (χ4v) is 2.63. The summed E-state index contributed by atoms with van der Waals surface area (Å²) in [4.78, 5) is 4.30. The van der Waals surface area contributed by atoms with Gasteiger partial charge in [-0.25, -0.2) is 13.6 Å². The highest BCUT2D eigenvalue weighted by Gasteiger charge is 2.09. The molecule has 0 saturated heterocycles. The number of benzene rings is 2. The van der Waals surface area contributed by atoms with Gasteiger partial charge in [0.1, 0.15) is 0 Å². The van der Waals surface area contributed by atoms with Crippen LogP contribution in [0.5, 0.6) is 0 Å². The van der Waals surface area contributed by atoms with Gasteiger partial charge in [-0.1, -0.05) is 28.9 Å². The Morgan fingerprint density at radius 1 is 1.08 bits per heavy atom. The van der Waals surface area contributed by atoms with E-state index in [0.29, 0.717) is 17.4 Å². The Balaban J connectivity index is 1.66. The third kappa shape index (κ3) is 3.91. The summed E-state index contributed by atoms with van der Waals surface area (Å²) < 4.78 is 27.5. The zero-order chi connectivity index (χ0) is 17.2. The molecule has 9 heteroatoms. The van der Waals surface area contributed by atoms with Crippen LogP contribution in [-0.2, 0) is 16.6 Å². The van der Waals surface area contributed by atoms with Crippen molar-refractivity contribution in [2.45, 2.75) is 11.4 Å². The van der Waals surface area contributed by atoms with E-state index in [1.54, 1.807) is 36.4 Å². The second-order valence-corrected chi connectivity index (χ2v) is 6.97. The number of sulfonamides is 1. The number of nitrogens with two attached hydrogens (primary N) is 1. The average Bonchev–Trinajstić information content (AvgIpc) is 3.02. The summed E-state index contributed by atoms with van der Waals surface area (Å²) in [6.07, 6.45) is 0. The molecule has 24 heavy (non-hydrogen) atoms. The zero-order valence-corrected chi connectivity index (χ0v) is 13.9. The van der Waals surface area contributed by atoms with Crippen LogP contribution < -0.4 is 10.5 Å². The number of halogens is 1. The van der Waals surface area contributed by atoms with Crippen LogP contribution >= 0.6 is 11.6 Å². The SMILES string of the molecule is NS(=O)(=O)c1ccc(CNc2nc(-c3ccc(Cl)cc3)no2)cc1. The predicted octanol–water partition coefficient (Wildman–Crippen LogP) is 2.65. The van der Waals surface area contributed by atoms with E-state index in [4.69, 9.17) is 21.3 Å². The number of anilines is 1. The molecule has 1 aromatic heterocycles. The van der Waals surface area contributed by atoms with Crippen molar-refractivity contribution < 1.29 is 12.9 Å². The van der Waals surface area contributed by atoms with Gasteiger partial charge in [-0.3, -0.25) is 0 Å². The molecule has 3 rings (SSSR count). The van der Waals surface area contributed by atoms with E-state index < -0.39 is 10.0 Å². The molecule has 3 aromatic rings. The van der Waals surface area contributed by atoms with Gasteiger partial charge in [0.05, 0.1) is 4.90 Å². The maximum absolute atomic E-state index is 11.2. The van der Waals surface area contributed by atoms with Gasteiger partial charge in [-0.2, -0.15) is 4.98 Å². The van der Waals surface area contributed by atoms with Crippen molar-refractivity contribution in [3.8, 4) is 11.4 Å². The molecule has 3 N–H and O–H groups in total. The quantitative estimate of drug-likeness (QED) is 0.719. The van der Waals surface area contributed by atoms with Crippen molar-refractivity contribution in [3.63, 3.8) is 0 Å². The molecule has 124 valence electrons. The summed E-state index contributed by atoms with van der Waals surface area (Å²) in [5, 5.41) is 12.5. The first-order valence-electron chi connectivity index (χ1n) is 6.87. The van der Waals surface area contributed by atoms with Crippen molar-refractivity contribution in [1.82, 2.24) is 10.1 Å². The second-order valence-electron chi connectivity index (χ2n) is 4.97. The number of hydrogen-bond acceptors (Lipinski definition) is 6. The van der Waals surface area contributed by atoms with Crippen molar-refractivity contribution in [2.24, 2.45) is 5.14 Å². The number of nitrogens with one attached hydrogen (secondary N) is 1. The molecule has 0 fully saturated rings. The van der Waals surface area contributed by atoms with Crippen molar-refractivity contribution in [3.05, 3.63) is 59.1 Å². The number of primary sulfonamides is 1. The fraction of sp³-hybridized carbons (Fsp3) is 0.0667. The largest absolute Gasteiger partial charge is 0.334 e. The van der Waals surface area contributed by atoms with Crippen LogP contribution in [0.1, 0.15) is 5.56 Å². The summed E-state index contributed by atoms with van der Waals surface area (Å²) in [6.45, 7) is 0.396. The minimum atomic E-state index is -3.69. The molecule has 0 radical (unpaired) electrons. The molecule has 0 aliphatic heterocycles. The minimum absolute atomic E-state index is 0.0639. The van der Waals surface area contributed by atoms with E-state index in [0.717, 1.165) is 11.1 Å². The molecular weight excluding hydrogens is 352 g/mol. The first-order chi connectivity index (χ1) is 11.4. The highest BCUT2D eigenvalue weighted by molar-refractivity contribution is 7.89. The third-order valence-corrected chi connectivity index (χ3v) is 4.41. The summed E-state index contributed by atoms with van der Waals surface area (Å²) in [5.41, 5.74) is 1.63. The van der Waals surface area contributed by atoms with E-state index in [2.05, 4.69) is 15.5 Å². The molecule has 0 saturated carbocycles. The van der Waals surface area contributed by atoms with Crippen LogP contribution in [0.25, 0.3) is 11.4 Å². The van der Waals surface area contributed by atoms with Crippen LogP contribution in [0.4, 0.5) is 6.01 Å². The summed E-state index contributed by atoms with van der Waals surface area (Å²) in [7, 11) is -3.69. The summed E-state index contributed by atoms with van der Waals surface area (Å²) in [6, 6.07) is 13.5. The van der Waals surface area contributed by atoms with Crippen LogP contribution in [0, 0.1) is 0 Å². The van der Waals surface area contributed by atoms with Gasteiger partial charge in [0.2, 0.25) is 15.8 Å². The van der Waals surface area contributed by atoms with E-state index in [9.17, 15) is 8.42 Å². The standard InChI is InChI=1S/C15H13ClN4O3S/c16-12-5-3-11(4-6-12)14-19-15(23-20-14)18-9-10-1-7-13(8-2-10)24(17,21)22/h1-8H,9H2,(H2,17,21,22)(H,18,19,20). The van der Waals surface area contributed by atoms with Crippen molar-refractivity contribution in [1.29, 1.82) is 0 Å². The van der Waals surface area contributed by atoms with Crippen LogP contribution in [0.3, 0.4) is 0 Å². The third-order valence-electron chi connectivity index (χ3n) is 3.22. The molecule has 1 heterocycles. The first kappa shape index (κ1) is 16.4. The van der Waals surface area contributed by atoms with Crippen LogP contribution in [0.15, 0.2) is 57.9 Å². The molecule has 0 unspecified atom stereocenters. The predicted molar refractivity (Wildman–Crippen MR) is 89.9 cm³/mol. The summed E-state index contributed by atoms with van der Waals surface area (Å²) in [5.74, 6) is 0.443. The maximum Gasteiger partial charge on any atom is 0.322 e. The Morgan fingerprint density at radius 2 is 1.75 bits per heavy atom. The fourth-order valence-electron chi connectivity index (χ4n) is 1.99. The van der Waals surface area contributed by atoms with E-state index in [1.165, 1.54) is 12.1 Å². The van der Waals surface area contributed by atoms with Gasteiger partial charge < -0.3 is 9.84 Å². The zero-order valence-electron chi connectivity index (χ0n) is 12.3. The number of nitrogens with zero attached hydrogens (tertiary/aromatic N) is 2. The molecule has 0 aliphatic rings. The lowest BCUT2D eigenvalue weighted by molar-refractivity contribution is 0.432. The molecule has 0 spiro atoms. The Bertz CT molecular complexity index is 938. The molecule has 0 atom stereocenters.